The van der Waals surface area contributed by atoms with Gasteiger partial charge in [0.1, 0.15) is 24.0 Å². The van der Waals surface area contributed by atoms with Gasteiger partial charge in [-0.1, -0.05) is 42.5 Å². The van der Waals surface area contributed by atoms with Crippen LogP contribution in [0.3, 0.4) is 0 Å². The number of hydrogen-bond donors (Lipinski definition) is 0. The lowest BCUT2D eigenvalue weighted by Crippen LogP contribution is -2.59. The van der Waals surface area contributed by atoms with Crippen molar-refractivity contribution >= 4 is 17.4 Å². The van der Waals surface area contributed by atoms with Crippen LogP contribution in [-0.2, 0) is 11.4 Å². The largest absolute Gasteiger partial charge is 0.489 e. The number of ether oxygens (including phenoxy) is 1. The van der Waals surface area contributed by atoms with Gasteiger partial charge in [0.15, 0.2) is 5.78 Å². The summed E-state index contributed by atoms with van der Waals surface area (Å²) in [5, 5.41) is 0. The number of anilines is 1. The predicted molar refractivity (Wildman–Crippen MR) is 138 cm³/mol. The van der Waals surface area contributed by atoms with Crippen LogP contribution in [0, 0.1) is 11.6 Å². The fraction of sp³-hybridized carbons (Fsp3) is 0.161. The number of benzene rings is 4. The molecule has 4 aromatic carbocycles. The summed E-state index contributed by atoms with van der Waals surface area (Å²) in [6, 6.07) is 28.2. The normalized spacial score (nSPS) is 16.8. The monoisotopic (exact) mass is 497 g/mol. The summed E-state index contributed by atoms with van der Waals surface area (Å²) in [6.07, 6.45) is 0.603. The first-order valence-corrected chi connectivity index (χ1v) is 12.1. The summed E-state index contributed by atoms with van der Waals surface area (Å²) in [5.41, 5.74) is 2.90. The molecule has 1 aliphatic rings. The summed E-state index contributed by atoms with van der Waals surface area (Å²) in [5.74, 6) is -0.764. The molecular formula is C31H25F2NO3. The number of carbonyl (C=O) groups is 2. The molecule has 37 heavy (non-hydrogen) atoms. The van der Waals surface area contributed by atoms with Gasteiger partial charge in [-0.25, -0.2) is 8.78 Å². The SMILES string of the molecule is O=C(CC[C@H]1[C@@H](c2ccc(OCc3ccccc3)cc2)C(=O)N1c1ccc(F)cc1)c1ccc(F)cc1. The molecule has 0 unspecified atom stereocenters. The maximum Gasteiger partial charge on any atom is 0.236 e. The molecule has 0 saturated carbocycles. The highest BCUT2D eigenvalue weighted by molar-refractivity contribution is 6.06. The van der Waals surface area contributed by atoms with E-state index in [0.29, 0.717) is 30.0 Å². The van der Waals surface area contributed by atoms with Gasteiger partial charge in [-0.3, -0.25) is 9.59 Å². The van der Waals surface area contributed by atoms with Crippen LogP contribution in [0.15, 0.2) is 103 Å². The van der Waals surface area contributed by atoms with Crippen molar-refractivity contribution in [2.75, 3.05) is 4.90 Å². The molecule has 186 valence electrons. The number of nitrogens with zero attached hydrogens (tertiary/aromatic N) is 1. The van der Waals surface area contributed by atoms with Gasteiger partial charge in [0, 0.05) is 17.7 Å². The first kappa shape index (κ1) is 24.4. The van der Waals surface area contributed by atoms with Crippen LogP contribution < -0.4 is 9.64 Å². The number of halogens is 2. The van der Waals surface area contributed by atoms with Gasteiger partial charge in [-0.15, -0.1) is 0 Å². The van der Waals surface area contributed by atoms with Gasteiger partial charge in [0.2, 0.25) is 5.91 Å². The first-order valence-electron chi connectivity index (χ1n) is 12.1. The van der Waals surface area contributed by atoms with Crippen LogP contribution in [0.5, 0.6) is 5.75 Å². The highest BCUT2D eigenvalue weighted by atomic mass is 19.1. The van der Waals surface area contributed by atoms with Crippen LogP contribution in [0.2, 0.25) is 0 Å². The molecule has 1 heterocycles. The molecule has 1 saturated heterocycles. The van der Waals surface area contributed by atoms with E-state index in [1.54, 1.807) is 17.0 Å². The first-order chi connectivity index (χ1) is 18.0. The van der Waals surface area contributed by atoms with E-state index in [9.17, 15) is 18.4 Å². The summed E-state index contributed by atoms with van der Waals surface area (Å²) in [6.45, 7) is 0.439. The second-order valence-electron chi connectivity index (χ2n) is 9.04. The quantitative estimate of drug-likeness (QED) is 0.191. The minimum Gasteiger partial charge on any atom is -0.489 e. The maximum absolute atomic E-state index is 13.5. The molecule has 0 N–H and O–H groups in total. The summed E-state index contributed by atoms with van der Waals surface area (Å²) in [4.78, 5) is 27.7. The second kappa shape index (κ2) is 10.7. The van der Waals surface area contributed by atoms with Crippen molar-refractivity contribution in [1.82, 2.24) is 0 Å². The third-order valence-corrected chi connectivity index (χ3v) is 6.65. The average Bonchev–Trinajstić information content (AvgIpc) is 2.92. The molecule has 0 aromatic heterocycles. The Kier molecular flexibility index (Phi) is 7.08. The number of hydrogen-bond acceptors (Lipinski definition) is 3. The van der Waals surface area contributed by atoms with Crippen molar-refractivity contribution < 1.29 is 23.1 Å². The Hall–Kier alpha value is -4.32. The molecular weight excluding hydrogens is 472 g/mol. The lowest BCUT2D eigenvalue weighted by Gasteiger charge is -2.47. The molecule has 0 spiro atoms. The predicted octanol–water partition coefficient (Wildman–Crippen LogP) is 6.71. The lowest BCUT2D eigenvalue weighted by atomic mass is 9.78. The Balaban J connectivity index is 1.32. The number of β-lactam (4-membered cyclic amide) rings is 1. The summed E-state index contributed by atoms with van der Waals surface area (Å²) >= 11 is 0. The van der Waals surface area contributed by atoms with E-state index >= 15 is 0 Å². The number of rotatable bonds is 9. The molecule has 0 radical (unpaired) electrons. The highest BCUT2D eigenvalue weighted by Gasteiger charge is 2.48. The Morgan fingerprint density at radius 1 is 0.784 bits per heavy atom. The van der Waals surface area contributed by atoms with Gasteiger partial charge in [-0.2, -0.15) is 0 Å². The van der Waals surface area contributed by atoms with Crippen molar-refractivity contribution in [3.05, 3.63) is 131 Å². The summed E-state index contributed by atoms with van der Waals surface area (Å²) < 4.78 is 32.6. The number of amides is 1. The van der Waals surface area contributed by atoms with Gasteiger partial charge < -0.3 is 9.64 Å². The number of Topliss-reactive ketones (excluding diaryl/α,β-unsaturated/α-hetero) is 1. The van der Waals surface area contributed by atoms with Gasteiger partial charge in [0.05, 0.1) is 12.0 Å². The molecule has 2 atom stereocenters. The zero-order valence-electron chi connectivity index (χ0n) is 20.0. The Morgan fingerprint density at radius 3 is 2.05 bits per heavy atom. The van der Waals surface area contributed by atoms with Crippen molar-refractivity contribution in [1.29, 1.82) is 0 Å². The summed E-state index contributed by atoms with van der Waals surface area (Å²) in [7, 11) is 0. The Bertz CT molecular complexity index is 1370. The smallest absolute Gasteiger partial charge is 0.236 e. The van der Waals surface area contributed by atoms with E-state index in [1.807, 2.05) is 54.6 Å². The standard InChI is InChI=1S/C31H25F2NO3/c32-24-10-6-22(7-11-24)29(35)19-18-28-30(31(36)34(28)26-14-12-25(33)13-15-26)23-8-16-27(17-9-23)37-20-21-4-2-1-3-5-21/h1-17,28,30H,18-20H2/t28-,30+/m0/s1. The molecule has 1 aliphatic heterocycles. The van der Waals surface area contributed by atoms with Crippen molar-refractivity contribution in [3.63, 3.8) is 0 Å². The molecule has 1 fully saturated rings. The lowest BCUT2D eigenvalue weighted by molar-refractivity contribution is -0.126. The molecule has 0 bridgehead atoms. The minimum atomic E-state index is -0.436. The molecule has 5 rings (SSSR count). The zero-order chi connectivity index (χ0) is 25.8. The number of carbonyl (C=O) groups excluding carboxylic acids is 2. The van der Waals surface area contributed by atoms with Crippen molar-refractivity contribution in [3.8, 4) is 5.75 Å². The van der Waals surface area contributed by atoms with Crippen LogP contribution in [0.25, 0.3) is 0 Å². The van der Waals surface area contributed by atoms with Gasteiger partial charge in [-0.05, 0) is 78.2 Å². The topological polar surface area (TPSA) is 46.6 Å². The molecule has 1 amide bonds. The molecule has 4 aromatic rings. The van der Waals surface area contributed by atoms with Crippen LogP contribution >= 0.6 is 0 Å². The van der Waals surface area contributed by atoms with E-state index in [-0.39, 0.29) is 30.0 Å². The van der Waals surface area contributed by atoms with Gasteiger partial charge >= 0.3 is 0 Å². The molecule has 0 aliphatic carbocycles. The van der Waals surface area contributed by atoms with E-state index in [2.05, 4.69) is 0 Å². The van der Waals surface area contributed by atoms with Gasteiger partial charge in [0.25, 0.3) is 0 Å². The molecule has 4 nitrogen and oxygen atoms in total. The Labute approximate surface area is 214 Å². The van der Waals surface area contributed by atoms with Crippen LogP contribution in [-0.4, -0.2) is 17.7 Å². The van der Waals surface area contributed by atoms with E-state index in [4.69, 9.17) is 4.74 Å². The van der Waals surface area contributed by atoms with E-state index < -0.39 is 11.7 Å². The number of ketones is 1. The fourth-order valence-corrected chi connectivity index (χ4v) is 4.70. The average molecular weight is 498 g/mol. The van der Waals surface area contributed by atoms with Crippen LogP contribution in [0.1, 0.15) is 40.2 Å². The van der Waals surface area contributed by atoms with E-state index in [1.165, 1.54) is 36.4 Å². The van der Waals surface area contributed by atoms with Crippen LogP contribution in [0.4, 0.5) is 14.5 Å². The maximum atomic E-state index is 13.5. The zero-order valence-corrected chi connectivity index (χ0v) is 20.0. The van der Waals surface area contributed by atoms with Crippen molar-refractivity contribution in [2.24, 2.45) is 0 Å². The molecule has 6 heteroatoms. The highest BCUT2D eigenvalue weighted by Crippen LogP contribution is 2.42. The minimum absolute atomic E-state index is 0.108. The third kappa shape index (κ3) is 5.43. The third-order valence-electron chi connectivity index (χ3n) is 6.65. The Morgan fingerprint density at radius 2 is 1.41 bits per heavy atom. The fourth-order valence-electron chi connectivity index (χ4n) is 4.70. The van der Waals surface area contributed by atoms with E-state index in [0.717, 1.165) is 11.1 Å². The second-order valence-corrected chi connectivity index (χ2v) is 9.04. The van der Waals surface area contributed by atoms with Crippen molar-refractivity contribution in [2.45, 2.75) is 31.4 Å².